The van der Waals surface area contributed by atoms with E-state index in [1.54, 1.807) is 0 Å². The molecule has 1 aliphatic carbocycles. The van der Waals surface area contributed by atoms with E-state index < -0.39 is 10.1 Å². The van der Waals surface area contributed by atoms with Gasteiger partial charge in [0.1, 0.15) is 0 Å². The van der Waals surface area contributed by atoms with Crippen molar-refractivity contribution < 1.29 is 12.7 Å². The van der Waals surface area contributed by atoms with Gasteiger partial charge in [-0.2, -0.15) is 8.42 Å². The highest BCUT2D eigenvalue weighted by Gasteiger charge is 2.09. The lowest BCUT2D eigenvalue weighted by Crippen LogP contribution is -1.99. The van der Waals surface area contributed by atoms with E-state index in [0.29, 0.717) is 0 Å². The average molecular weight is 177 g/mol. The van der Waals surface area contributed by atoms with Gasteiger partial charge in [0.2, 0.25) is 0 Å². The van der Waals surface area contributed by atoms with Gasteiger partial charge < -0.3 is 0 Å². The summed E-state index contributed by atoms with van der Waals surface area (Å²) < 4.78 is 25.2. The molecule has 0 atom stereocenters. The fraction of sp³-hybridized carbons (Fsp3) is 0.833. The van der Waals surface area contributed by atoms with Gasteiger partial charge in [-0.05, 0) is 25.7 Å². The van der Waals surface area contributed by atoms with E-state index >= 15 is 0 Å². The van der Waals surface area contributed by atoms with Gasteiger partial charge >= 0.3 is 10.1 Å². The van der Waals surface area contributed by atoms with Crippen LogP contribution in [0, 0.1) is 0 Å². The molecule has 11 heavy (non-hydrogen) atoms. The lowest BCUT2D eigenvalue weighted by molar-refractivity contribution is 0.341. The van der Waals surface area contributed by atoms with Gasteiger partial charge in [0, 0.05) is 0 Å². The lowest BCUT2D eigenvalue weighted by atomic mass is 10.3. The van der Waals surface area contributed by atoms with Crippen molar-refractivity contribution in [3.05, 3.63) is 0 Å². The fourth-order valence-corrected chi connectivity index (χ4v) is 1.24. The Labute approximate surface area is 66.4 Å². The Morgan fingerprint density at radius 3 is 2.36 bits per heavy atom. The largest absolute Gasteiger partial charge is 0.325 e. The highest BCUT2D eigenvalue weighted by atomic mass is 32.2. The van der Waals surface area contributed by atoms with E-state index in [2.05, 4.69) is 9.44 Å². The third-order valence-corrected chi connectivity index (χ3v) is 1.83. The van der Waals surface area contributed by atoms with Crippen molar-refractivity contribution in [3.8, 4) is 0 Å². The second kappa shape index (κ2) is 3.21. The van der Waals surface area contributed by atoms with Crippen molar-refractivity contribution in [2.45, 2.75) is 25.7 Å². The summed E-state index contributed by atoms with van der Waals surface area (Å²) in [5.74, 6) is 0. The number of hydrogen-bond acceptors (Lipinski definition) is 4. The van der Waals surface area contributed by atoms with Gasteiger partial charge in [-0.25, -0.2) is 0 Å². The first kappa shape index (κ1) is 8.52. The summed E-state index contributed by atoms with van der Waals surface area (Å²) in [6.45, 7) is 0. The molecule has 1 aliphatic rings. The van der Waals surface area contributed by atoms with Crippen LogP contribution in [-0.2, 0) is 14.4 Å². The molecule has 0 amide bonds. The van der Waals surface area contributed by atoms with E-state index in [9.17, 15) is 8.42 Å². The normalized spacial score (nSPS) is 18.5. The van der Waals surface area contributed by atoms with E-state index in [1.165, 1.54) is 0 Å². The molecule has 0 spiro atoms. The second-order valence-corrected chi connectivity index (χ2v) is 4.20. The van der Waals surface area contributed by atoms with Crippen LogP contribution in [0.1, 0.15) is 25.7 Å². The zero-order valence-corrected chi connectivity index (χ0v) is 7.23. The minimum Gasteiger partial charge on any atom is -0.269 e. The summed E-state index contributed by atoms with van der Waals surface area (Å²) in [4.78, 5) is 0. The molecule has 0 aromatic carbocycles. The van der Waals surface area contributed by atoms with Crippen molar-refractivity contribution >= 4 is 15.8 Å². The molecular formula is C6H11NO3S. The van der Waals surface area contributed by atoms with Gasteiger partial charge in [0.25, 0.3) is 0 Å². The molecule has 0 unspecified atom stereocenters. The highest BCUT2D eigenvalue weighted by Crippen LogP contribution is 2.14. The topological polar surface area (TPSA) is 55.7 Å². The number of hydrogen-bond donors (Lipinski definition) is 0. The highest BCUT2D eigenvalue weighted by molar-refractivity contribution is 7.85. The monoisotopic (exact) mass is 177 g/mol. The first-order valence-corrected chi connectivity index (χ1v) is 5.34. The average Bonchev–Trinajstić information content (AvgIpc) is 2.32. The summed E-state index contributed by atoms with van der Waals surface area (Å²) in [7, 11) is -3.40. The zero-order valence-electron chi connectivity index (χ0n) is 6.41. The van der Waals surface area contributed by atoms with Crippen LogP contribution >= 0.6 is 0 Å². The first-order valence-electron chi connectivity index (χ1n) is 3.52. The van der Waals surface area contributed by atoms with E-state index in [1.807, 2.05) is 0 Å². The summed E-state index contributed by atoms with van der Waals surface area (Å²) >= 11 is 0. The summed E-state index contributed by atoms with van der Waals surface area (Å²) in [5, 5.41) is 3.52. The first-order chi connectivity index (χ1) is 5.08. The molecule has 1 fully saturated rings. The minimum atomic E-state index is -3.40. The van der Waals surface area contributed by atoms with Gasteiger partial charge in [0.15, 0.2) is 0 Å². The van der Waals surface area contributed by atoms with Crippen molar-refractivity contribution in [2.24, 2.45) is 5.16 Å². The van der Waals surface area contributed by atoms with Crippen molar-refractivity contribution in [1.82, 2.24) is 0 Å². The molecule has 0 aliphatic heterocycles. The molecule has 64 valence electrons. The zero-order chi connectivity index (χ0) is 8.32. The second-order valence-electron chi connectivity index (χ2n) is 2.64. The van der Waals surface area contributed by atoms with Gasteiger partial charge in [-0.1, -0.05) is 5.16 Å². The molecule has 0 saturated heterocycles. The van der Waals surface area contributed by atoms with Crippen LogP contribution in [0.5, 0.6) is 0 Å². The molecule has 5 heteroatoms. The Bertz CT molecular complexity index is 247. The molecule has 0 aromatic rings. The maximum absolute atomic E-state index is 10.5. The molecule has 0 bridgehead atoms. The van der Waals surface area contributed by atoms with Gasteiger partial charge in [-0.15, -0.1) is 0 Å². The molecule has 4 nitrogen and oxygen atoms in total. The summed E-state index contributed by atoms with van der Waals surface area (Å²) in [6, 6.07) is 0. The van der Waals surface area contributed by atoms with E-state index in [4.69, 9.17) is 0 Å². The predicted molar refractivity (Wildman–Crippen MR) is 41.8 cm³/mol. The minimum absolute atomic E-state index is 0.857. The van der Waals surface area contributed by atoms with Crippen LogP contribution < -0.4 is 0 Å². The third kappa shape index (κ3) is 3.36. The Hall–Kier alpha value is -0.580. The van der Waals surface area contributed by atoms with Gasteiger partial charge in [0.05, 0.1) is 12.0 Å². The fourth-order valence-electron chi connectivity index (χ4n) is 0.995. The van der Waals surface area contributed by atoms with Gasteiger partial charge in [-0.3, -0.25) is 4.28 Å². The standard InChI is InChI=1S/C6H11NO3S/c1-11(8,9)10-7-6-4-2-3-5-6/h2-5H2,1H3. The maximum atomic E-state index is 10.5. The third-order valence-electron chi connectivity index (χ3n) is 1.48. The van der Waals surface area contributed by atoms with Crippen LogP contribution in [0.25, 0.3) is 0 Å². The molecule has 0 N–H and O–H groups in total. The summed E-state index contributed by atoms with van der Waals surface area (Å²) in [5.41, 5.74) is 0.857. The van der Waals surface area contributed by atoms with Crippen LogP contribution in [0.3, 0.4) is 0 Å². The van der Waals surface area contributed by atoms with Crippen LogP contribution in [0.4, 0.5) is 0 Å². The Morgan fingerprint density at radius 2 is 1.91 bits per heavy atom. The summed E-state index contributed by atoms with van der Waals surface area (Å²) in [6.07, 6.45) is 4.91. The molecule has 0 radical (unpaired) electrons. The number of nitrogens with zero attached hydrogens (tertiary/aromatic N) is 1. The smallest absolute Gasteiger partial charge is 0.269 e. The van der Waals surface area contributed by atoms with Crippen LogP contribution in [0.2, 0.25) is 0 Å². The predicted octanol–water partition coefficient (Wildman–Crippen LogP) is 0.893. The van der Waals surface area contributed by atoms with E-state index in [0.717, 1.165) is 37.7 Å². The number of oxime groups is 1. The van der Waals surface area contributed by atoms with Crippen molar-refractivity contribution in [1.29, 1.82) is 0 Å². The molecular weight excluding hydrogens is 166 g/mol. The Balaban J connectivity index is 2.47. The molecule has 1 saturated carbocycles. The molecule has 0 aromatic heterocycles. The maximum Gasteiger partial charge on any atom is 0.325 e. The molecule has 1 rings (SSSR count). The lowest BCUT2D eigenvalue weighted by Gasteiger charge is -1.94. The van der Waals surface area contributed by atoms with E-state index in [-0.39, 0.29) is 0 Å². The van der Waals surface area contributed by atoms with Crippen LogP contribution in [-0.4, -0.2) is 20.4 Å². The number of rotatable bonds is 2. The Kier molecular flexibility index (Phi) is 2.49. The van der Waals surface area contributed by atoms with Crippen molar-refractivity contribution in [2.75, 3.05) is 6.26 Å². The Morgan fingerprint density at radius 1 is 1.36 bits per heavy atom. The molecule has 0 heterocycles. The quantitative estimate of drug-likeness (QED) is 0.589. The SMILES string of the molecule is CS(=O)(=O)ON=C1CCCC1. The van der Waals surface area contributed by atoms with Crippen molar-refractivity contribution in [3.63, 3.8) is 0 Å². The van der Waals surface area contributed by atoms with Crippen LogP contribution in [0.15, 0.2) is 5.16 Å².